The molecule has 2 amide bonds. The summed E-state index contributed by atoms with van der Waals surface area (Å²) in [6.07, 6.45) is 0. The van der Waals surface area contributed by atoms with Crippen LogP contribution in [-0.2, 0) is 16.1 Å². The van der Waals surface area contributed by atoms with Crippen molar-refractivity contribution in [2.75, 3.05) is 25.7 Å². The maximum Gasteiger partial charge on any atom is 0.263 e. The van der Waals surface area contributed by atoms with Crippen LogP contribution < -0.4 is 19.1 Å². The lowest BCUT2D eigenvalue weighted by molar-refractivity contribution is -0.123. The fraction of sp³-hybridized carbons (Fsp3) is 0.304. The van der Waals surface area contributed by atoms with Crippen molar-refractivity contribution in [3.8, 4) is 28.6 Å². The highest BCUT2D eigenvalue weighted by atomic mass is 16.5. The lowest BCUT2D eigenvalue weighted by atomic mass is 10.1. The fourth-order valence-corrected chi connectivity index (χ4v) is 4.03. The van der Waals surface area contributed by atoms with Gasteiger partial charge in [0.2, 0.25) is 11.7 Å². The average molecular weight is 478 g/mol. The van der Waals surface area contributed by atoms with Gasteiger partial charge in [0.05, 0.1) is 32.1 Å². The number of fused-ring (bicyclic) bond motifs is 1. The van der Waals surface area contributed by atoms with Gasteiger partial charge in [-0.25, -0.2) is 4.90 Å². The molecule has 0 N–H and O–H groups in total. The number of aromatic nitrogens is 2. The van der Waals surface area contributed by atoms with E-state index in [-0.39, 0.29) is 12.4 Å². The highest BCUT2D eigenvalue weighted by molar-refractivity contribution is 6.25. The smallest absolute Gasteiger partial charge is 0.263 e. The second kappa shape index (κ2) is 9.05. The molecular formula is C23H22N6O6. The first-order valence-corrected chi connectivity index (χ1v) is 10.9. The van der Waals surface area contributed by atoms with Crippen LogP contribution in [0.2, 0.25) is 0 Å². The molecule has 0 unspecified atom stereocenters. The Morgan fingerprint density at radius 1 is 1.03 bits per heavy atom. The number of nitrogens with zero attached hydrogens (tertiary/aromatic N) is 6. The number of carbonyl (C=O) groups is 2. The predicted molar refractivity (Wildman–Crippen MR) is 121 cm³/mol. The summed E-state index contributed by atoms with van der Waals surface area (Å²) in [5.74, 6) is 1.12. The summed E-state index contributed by atoms with van der Waals surface area (Å²) < 4.78 is 21.6. The first kappa shape index (κ1) is 22.3. The number of para-hydroxylation sites is 1. The van der Waals surface area contributed by atoms with E-state index < -0.39 is 23.9 Å². The van der Waals surface area contributed by atoms with Crippen LogP contribution in [0.25, 0.3) is 11.4 Å². The van der Waals surface area contributed by atoms with Gasteiger partial charge in [0.15, 0.2) is 12.1 Å². The molecule has 2 aliphatic heterocycles. The minimum absolute atomic E-state index is 0.00274. The van der Waals surface area contributed by atoms with Crippen LogP contribution >= 0.6 is 0 Å². The van der Waals surface area contributed by atoms with E-state index in [4.69, 9.17) is 18.7 Å². The van der Waals surface area contributed by atoms with Crippen molar-refractivity contribution in [1.82, 2.24) is 15.1 Å². The molecule has 0 saturated carbocycles. The van der Waals surface area contributed by atoms with E-state index in [2.05, 4.69) is 20.5 Å². The van der Waals surface area contributed by atoms with E-state index in [0.717, 1.165) is 4.90 Å². The van der Waals surface area contributed by atoms with Crippen molar-refractivity contribution in [3.05, 3.63) is 48.4 Å². The summed E-state index contributed by atoms with van der Waals surface area (Å²) in [7, 11) is 2.98. The average Bonchev–Trinajstić information content (AvgIpc) is 3.57. The Kier molecular flexibility index (Phi) is 5.77. The van der Waals surface area contributed by atoms with Crippen LogP contribution in [0.15, 0.2) is 57.3 Å². The zero-order valence-electron chi connectivity index (χ0n) is 19.2. The van der Waals surface area contributed by atoms with E-state index in [1.165, 1.54) is 19.2 Å². The third-order valence-corrected chi connectivity index (χ3v) is 5.65. The van der Waals surface area contributed by atoms with Gasteiger partial charge < -0.3 is 18.7 Å². The van der Waals surface area contributed by atoms with E-state index in [1.807, 2.05) is 31.2 Å². The van der Waals surface area contributed by atoms with Gasteiger partial charge in [-0.05, 0) is 19.1 Å². The van der Waals surface area contributed by atoms with Gasteiger partial charge in [-0.3, -0.25) is 14.6 Å². The highest BCUT2D eigenvalue weighted by Crippen LogP contribution is 2.36. The summed E-state index contributed by atoms with van der Waals surface area (Å²) in [6, 6.07) is 10.3. The van der Waals surface area contributed by atoms with Crippen molar-refractivity contribution >= 4 is 17.5 Å². The number of imide groups is 1. The maximum atomic E-state index is 13.3. The number of anilines is 1. The predicted octanol–water partition coefficient (Wildman–Crippen LogP) is 2.65. The van der Waals surface area contributed by atoms with Crippen molar-refractivity contribution < 1.29 is 28.3 Å². The van der Waals surface area contributed by atoms with Crippen molar-refractivity contribution in [2.24, 2.45) is 10.3 Å². The molecule has 180 valence electrons. The first-order chi connectivity index (χ1) is 17.0. The Labute approximate surface area is 200 Å². The number of amides is 2. The molecule has 1 saturated heterocycles. The summed E-state index contributed by atoms with van der Waals surface area (Å²) in [6.45, 7) is 2.38. The lowest BCUT2D eigenvalue weighted by Crippen LogP contribution is -2.39. The molecule has 3 heterocycles. The Hall–Kier alpha value is -4.48. The number of ether oxygens (including phenoxy) is 3. The van der Waals surface area contributed by atoms with Crippen LogP contribution in [0.3, 0.4) is 0 Å². The van der Waals surface area contributed by atoms with Gasteiger partial charge >= 0.3 is 0 Å². The normalized spacial score (nSPS) is 18.8. The molecule has 0 radical (unpaired) electrons. The summed E-state index contributed by atoms with van der Waals surface area (Å²) in [5, 5.41) is 13.5. The molecule has 3 aromatic rings. The van der Waals surface area contributed by atoms with Gasteiger partial charge in [-0.15, -0.1) is 0 Å². The summed E-state index contributed by atoms with van der Waals surface area (Å²) in [4.78, 5) is 31.9. The Morgan fingerprint density at radius 2 is 1.77 bits per heavy atom. The van der Waals surface area contributed by atoms with Crippen LogP contribution in [0.4, 0.5) is 5.69 Å². The largest absolute Gasteiger partial charge is 0.497 e. The minimum Gasteiger partial charge on any atom is -0.497 e. The van der Waals surface area contributed by atoms with E-state index in [0.29, 0.717) is 40.9 Å². The van der Waals surface area contributed by atoms with E-state index in [1.54, 1.807) is 18.2 Å². The van der Waals surface area contributed by atoms with Crippen LogP contribution in [0.5, 0.6) is 17.2 Å². The molecule has 5 rings (SSSR count). The number of methoxy groups -OCH3 is 2. The van der Waals surface area contributed by atoms with Gasteiger partial charge in [-0.1, -0.05) is 22.5 Å². The molecule has 2 atom stereocenters. The molecule has 0 bridgehead atoms. The van der Waals surface area contributed by atoms with Crippen LogP contribution in [-0.4, -0.2) is 59.9 Å². The van der Waals surface area contributed by atoms with Crippen molar-refractivity contribution in [1.29, 1.82) is 0 Å². The fourth-order valence-electron chi connectivity index (χ4n) is 4.03. The van der Waals surface area contributed by atoms with Gasteiger partial charge in [0, 0.05) is 18.2 Å². The minimum atomic E-state index is -0.972. The van der Waals surface area contributed by atoms with E-state index >= 15 is 0 Å². The van der Waals surface area contributed by atoms with E-state index in [9.17, 15) is 9.59 Å². The topological polar surface area (TPSA) is 132 Å². The number of benzene rings is 2. The zero-order chi connectivity index (χ0) is 24.5. The lowest BCUT2D eigenvalue weighted by Gasteiger charge is -2.20. The number of rotatable bonds is 8. The molecule has 1 aromatic heterocycles. The van der Waals surface area contributed by atoms with Crippen LogP contribution in [0.1, 0.15) is 12.8 Å². The first-order valence-electron chi connectivity index (χ1n) is 10.9. The number of carbonyl (C=O) groups excluding carboxylic acids is 2. The van der Waals surface area contributed by atoms with Gasteiger partial charge in [0.1, 0.15) is 23.8 Å². The molecule has 12 nitrogen and oxygen atoms in total. The second-order valence-corrected chi connectivity index (χ2v) is 7.72. The molecule has 0 aliphatic carbocycles. The maximum absolute atomic E-state index is 13.3. The number of hydrogen-bond acceptors (Lipinski definition) is 11. The number of hydrogen-bond donors (Lipinski definition) is 0. The Morgan fingerprint density at radius 3 is 2.49 bits per heavy atom. The Balaban J connectivity index is 1.37. The van der Waals surface area contributed by atoms with Crippen molar-refractivity contribution in [3.63, 3.8) is 0 Å². The Bertz CT molecular complexity index is 1280. The monoisotopic (exact) mass is 478 g/mol. The summed E-state index contributed by atoms with van der Waals surface area (Å²) in [5.41, 5.74) is 1.00. The molecule has 0 spiro atoms. The third kappa shape index (κ3) is 3.92. The molecule has 2 aliphatic rings. The SMILES string of the molecule is CCOc1ccccc1-c1noc(CN2N=N[C@@H]3C(=O)N(c4cc(OC)cc(OC)c4)C(=O)[C@@H]32)n1. The highest BCUT2D eigenvalue weighted by Gasteiger charge is 2.55. The molecule has 35 heavy (non-hydrogen) atoms. The van der Waals surface area contributed by atoms with Gasteiger partial charge in [0.25, 0.3) is 11.8 Å². The summed E-state index contributed by atoms with van der Waals surface area (Å²) >= 11 is 0. The van der Waals surface area contributed by atoms with Gasteiger partial charge in [-0.2, -0.15) is 10.1 Å². The second-order valence-electron chi connectivity index (χ2n) is 7.72. The van der Waals surface area contributed by atoms with Crippen LogP contribution in [0, 0.1) is 0 Å². The molecule has 12 heteroatoms. The third-order valence-electron chi connectivity index (χ3n) is 5.65. The molecular weight excluding hydrogens is 456 g/mol. The zero-order valence-corrected chi connectivity index (χ0v) is 19.2. The quantitative estimate of drug-likeness (QED) is 0.448. The molecule has 2 aromatic carbocycles. The standard InChI is InChI=1S/C23H22N6O6/c1-4-34-17-8-6-5-7-16(17)21-24-18(35-26-21)12-28-20-19(25-27-28)22(30)29(23(20)31)13-9-14(32-2)11-15(10-13)33-3/h5-11,19-20H,4,12H2,1-3H3/t19-,20+/m0/s1. The van der Waals surface area contributed by atoms with Crippen molar-refractivity contribution in [2.45, 2.75) is 25.6 Å². The molecule has 1 fully saturated rings.